The summed E-state index contributed by atoms with van der Waals surface area (Å²) in [5.41, 5.74) is -0.761. The molecule has 12 heavy (non-hydrogen) atoms. The van der Waals surface area contributed by atoms with Gasteiger partial charge in [-0.2, -0.15) is 0 Å². The van der Waals surface area contributed by atoms with Gasteiger partial charge in [0.1, 0.15) is 5.60 Å². The molecule has 0 fully saturated rings. The van der Waals surface area contributed by atoms with Gasteiger partial charge in [0.25, 0.3) is 0 Å². The van der Waals surface area contributed by atoms with E-state index in [9.17, 15) is 5.11 Å². The van der Waals surface area contributed by atoms with E-state index in [-0.39, 0.29) is 0 Å². The minimum atomic E-state index is -0.761. The molecule has 0 aliphatic carbocycles. The van der Waals surface area contributed by atoms with Gasteiger partial charge in [0.05, 0.1) is 0 Å². The Balaban J connectivity index is 3.52. The van der Waals surface area contributed by atoms with Crippen LogP contribution in [0.1, 0.15) is 52.9 Å². The lowest BCUT2D eigenvalue weighted by Gasteiger charge is -2.15. The Labute approximate surface area is 76.2 Å². The first-order valence-electron chi connectivity index (χ1n) is 4.78. The van der Waals surface area contributed by atoms with Crippen molar-refractivity contribution in [2.24, 2.45) is 0 Å². The molecule has 0 radical (unpaired) electrons. The van der Waals surface area contributed by atoms with Crippen molar-refractivity contribution in [1.82, 2.24) is 0 Å². The van der Waals surface area contributed by atoms with Gasteiger partial charge < -0.3 is 5.11 Å². The molecule has 1 heteroatoms. The molecule has 0 aliphatic rings. The minimum absolute atomic E-state index is 0.761. The van der Waals surface area contributed by atoms with Crippen molar-refractivity contribution < 1.29 is 5.11 Å². The predicted molar refractivity (Wildman–Crippen MR) is 52.8 cm³/mol. The average molecular weight is 168 g/mol. The van der Waals surface area contributed by atoms with Crippen LogP contribution in [0, 0.1) is 11.8 Å². The van der Waals surface area contributed by atoms with E-state index in [0.29, 0.717) is 0 Å². The van der Waals surface area contributed by atoms with Crippen LogP contribution in [-0.2, 0) is 0 Å². The van der Waals surface area contributed by atoms with Crippen molar-refractivity contribution in [2.45, 2.75) is 58.5 Å². The van der Waals surface area contributed by atoms with Crippen molar-refractivity contribution in [3.05, 3.63) is 0 Å². The van der Waals surface area contributed by atoms with E-state index in [2.05, 4.69) is 18.8 Å². The molecule has 0 spiro atoms. The van der Waals surface area contributed by atoms with Crippen LogP contribution in [0.5, 0.6) is 0 Å². The third kappa shape index (κ3) is 6.24. The molecule has 1 unspecified atom stereocenters. The third-order valence-corrected chi connectivity index (χ3v) is 1.91. The summed E-state index contributed by atoms with van der Waals surface area (Å²) in [7, 11) is 0. The SMILES string of the molecule is CC#CC(C)(O)CCCCCC. The van der Waals surface area contributed by atoms with Gasteiger partial charge in [0, 0.05) is 0 Å². The average Bonchev–Trinajstić information content (AvgIpc) is 1.98. The second-order valence-corrected chi connectivity index (χ2v) is 3.46. The zero-order valence-electron chi connectivity index (χ0n) is 8.48. The summed E-state index contributed by atoms with van der Waals surface area (Å²) in [5, 5.41) is 9.64. The van der Waals surface area contributed by atoms with Crippen LogP contribution in [0.15, 0.2) is 0 Å². The van der Waals surface area contributed by atoms with Gasteiger partial charge in [-0.3, -0.25) is 0 Å². The maximum absolute atomic E-state index is 9.64. The second-order valence-electron chi connectivity index (χ2n) is 3.46. The van der Waals surface area contributed by atoms with Crippen molar-refractivity contribution in [3.63, 3.8) is 0 Å². The molecule has 0 aromatic carbocycles. The standard InChI is InChI=1S/C11H20O/c1-4-6-7-8-10-11(3,12)9-5-2/h12H,4,6-8,10H2,1-3H3. The first-order chi connectivity index (χ1) is 5.62. The Kier molecular flexibility index (Phi) is 5.84. The molecule has 0 saturated carbocycles. The second kappa shape index (κ2) is 6.08. The maximum atomic E-state index is 9.64. The van der Waals surface area contributed by atoms with Crippen molar-refractivity contribution in [1.29, 1.82) is 0 Å². The Hall–Kier alpha value is -0.480. The monoisotopic (exact) mass is 168 g/mol. The molecule has 1 nitrogen and oxygen atoms in total. The van der Waals surface area contributed by atoms with E-state index in [1.54, 1.807) is 13.8 Å². The number of rotatable bonds is 5. The highest BCUT2D eigenvalue weighted by atomic mass is 16.3. The van der Waals surface area contributed by atoms with E-state index < -0.39 is 5.60 Å². The molecule has 0 aliphatic heterocycles. The first kappa shape index (κ1) is 11.5. The molecule has 0 saturated heterocycles. The fraction of sp³-hybridized carbons (Fsp3) is 0.818. The van der Waals surface area contributed by atoms with Crippen molar-refractivity contribution in [3.8, 4) is 11.8 Å². The lowest BCUT2D eigenvalue weighted by Crippen LogP contribution is -2.20. The Bertz CT molecular complexity index is 160. The van der Waals surface area contributed by atoms with Crippen molar-refractivity contribution >= 4 is 0 Å². The molecule has 0 bridgehead atoms. The number of hydrogen-bond acceptors (Lipinski definition) is 1. The summed E-state index contributed by atoms with van der Waals surface area (Å²) in [5.74, 6) is 5.55. The van der Waals surface area contributed by atoms with Crippen LogP contribution >= 0.6 is 0 Å². The maximum Gasteiger partial charge on any atom is 0.122 e. The van der Waals surface area contributed by atoms with Gasteiger partial charge in [-0.1, -0.05) is 32.1 Å². The number of aliphatic hydroxyl groups is 1. The molecule has 0 heterocycles. The van der Waals surface area contributed by atoms with E-state index in [0.717, 1.165) is 12.8 Å². The highest BCUT2D eigenvalue weighted by molar-refractivity contribution is 5.09. The molecular weight excluding hydrogens is 148 g/mol. The van der Waals surface area contributed by atoms with Crippen LogP contribution in [0.2, 0.25) is 0 Å². The number of unbranched alkanes of at least 4 members (excludes halogenated alkanes) is 3. The molecule has 70 valence electrons. The molecule has 1 atom stereocenters. The van der Waals surface area contributed by atoms with E-state index in [1.807, 2.05) is 0 Å². The zero-order valence-corrected chi connectivity index (χ0v) is 8.48. The zero-order chi connectivity index (χ0) is 9.45. The quantitative estimate of drug-likeness (QED) is 0.494. The van der Waals surface area contributed by atoms with E-state index >= 15 is 0 Å². The first-order valence-corrected chi connectivity index (χ1v) is 4.78. The topological polar surface area (TPSA) is 20.2 Å². The Morgan fingerprint density at radius 1 is 1.25 bits per heavy atom. The van der Waals surface area contributed by atoms with Gasteiger partial charge >= 0.3 is 0 Å². The van der Waals surface area contributed by atoms with Crippen molar-refractivity contribution in [2.75, 3.05) is 0 Å². The van der Waals surface area contributed by atoms with Gasteiger partial charge in [-0.15, -0.1) is 5.92 Å². The summed E-state index contributed by atoms with van der Waals surface area (Å²) in [6, 6.07) is 0. The van der Waals surface area contributed by atoms with Crippen LogP contribution in [0.4, 0.5) is 0 Å². The van der Waals surface area contributed by atoms with Crippen LogP contribution < -0.4 is 0 Å². The lowest BCUT2D eigenvalue weighted by atomic mass is 9.99. The summed E-state index contributed by atoms with van der Waals surface area (Å²) >= 11 is 0. The smallest absolute Gasteiger partial charge is 0.122 e. The largest absolute Gasteiger partial charge is 0.378 e. The van der Waals surface area contributed by atoms with E-state index in [4.69, 9.17) is 0 Å². The summed E-state index contributed by atoms with van der Waals surface area (Å²) in [6.07, 6.45) is 5.58. The highest BCUT2D eigenvalue weighted by Crippen LogP contribution is 2.13. The summed E-state index contributed by atoms with van der Waals surface area (Å²) in [6.45, 7) is 5.74. The Morgan fingerprint density at radius 2 is 1.92 bits per heavy atom. The minimum Gasteiger partial charge on any atom is -0.378 e. The van der Waals surface area contributed by atoms with Crippen LogP contribution in [0.3, 0.4) is 0 Å². The molecule has 0 aromatic rings. The molecule has 1 N–H and O–H groups in total. The Morgan fingerprint density at radius 3 is 2.42 bits per heavy atom. The van der Waals surface area contributed by atoms with Crippen LogP contribution in [0.25, 0.3) is 0 Å². The lowest BCUT2D eigenvalue weighted by molar-refractivity contribution is 0.109. The van der Waals surface area contributed by atoms with Crippen LogP contribution in [-0.4, -0.2) is 10.7 Å². The van der Waals surface area contributed by atoms with Gasteiger partial charge in [0.2, 0.25) is 0 Å². The fourth-order valence-corrected chi connectivity index (χ4v) is 1.23. The molecular formula is C11H20O. The molecule has 0 aromatic heterocycles. The van der Waals surface area contributed by atoms with Gasteiger partial charge in [-0.05, 0) is 26.7 Å². The highest BCUT2D eigenvalue weighted by Gasteiger charge is 2.14. The normalized spacial score (nSPS) is 14.7. The summed E-state index contributed by atoms with van der Waals surface area (Å²) in [4.78, 5) is 0. The number of hydrogen-bond donors (Lipinski definition) is 1. The molecule has 0 amide bonds. The van der Waals surface area contributed by atoms with Gasteiger partial charge in [-0.25, -0.2) is 0 Å². The third-order valence-electron chi connectivity index (χ3n) is 1.91. The predicted octanol–water partition coefficient (Wildman–Crippen LogP) is 2.73. The van der Waals surface area contributed by atoms with E-state index in [1.165, 1.54) is 19.3 Å². The molecule has 0 rings (SSSR count). The summed E-state index contributed by atoms with van der Waals surface area (Å²) < 4.78 is 0. The fourth-order valence-electron chi connectivity index (χ4n) is 1.23. The van der Waals surface area contributed by atoms with Gasteiger partial charge in [0.15, 0.2) is 0 Å².